The van der Waals surface area contributed by atoms with Crippen molar-refractivity contribution in [1.82, 2.24) is 14.3 Å². The van der Waals surface area contributed by atoms with Crippen LogP contribution in [0.25, 0.3) is 16.6 Å². The van der Waals surface area contributed by atoms with E-state index in [9.17, 15) is 18.0 Å². The summed E-state index contributed by atoms with van der Waals surface area (Å²) in [5, 5.41) is 1.09. The van der Waals surface area contributed by atoms with Crippen LogP contribution < -0.4 is 10.3 Å². The highest BCUT2D eigenvalue weighted by Gasteiger charge is 2.19. The minimum Gasteiger partial charge on any atom is -0.328 e. The quantitative estimate of drug-likeness (QED) is 0.556. The number of hydrogen-bond acceptors (Lipinski definition) is 4. The molecule has 1 amide bonds. The number of rotatable bonds is 4. The van der Waals surface area contributed by atoms with Gasteiger partial charge in [0, 0.05) is 29.7 Å². The third kappa shape index (κ3) is 3.33. The fraction of sp³-hybridized carbons (Fsp3) is 0. The van der Waals surface area contributed by atoms with Crippen LogP contribution in [0.1, 0.15) is 10.4 Å². The van der Waals surface area contributed by atoms with Crippen LogP contribution >= 0.6 is 0 Å². The Bertz CT molecular complexity index is 1320. The molecule has 7 nitrogen and oxygen atoms in total. The van der Waals surface area contributed by atoms with E-state index in [0.717, 1.165) is 34.9 Å². The zero-order chi connectivity index (χ0) is 19.7. The number of sulfonamides is 1. The molecule has 0 aliphatic carbocycles. The van der Waals surface area contributed by atoms with Crippen LogP contribution in [0.3, 0.4) is 0 Å². The molecule has 2 aromatic heterocycles. The molecule has 8 heteroatoms. The lowest BCUT2D eigenvalue weighted by Crippen LogP contribution is -2.31. The van der Waals surface area contributed by atoms with E-state index in [4.69, 9.17) is 0 Å². The van der Waals surface area contributed by atoms with Gasteiger partial charge in [0.15, 0.2) is 0 Å². The van der Waals surface area contributed by atoms with Gasteiger partial charge in [-0.15, -0.1) is 0 Å². The number of aromatic nitrogens is 2. The second-order valence-corrected chi connectivity index (χ2v) is 7.80. The van der Waals surface area contributed by atoms with Crippen molar-refractivity contribution in [1.29, 1.82) is 0 Å². The molecule has 0 unspecified atom stereocenters. The monoisotopic (exact) mass is 393 g/mol. The summed E-state index contributed by atoms with van der Waals surface area (Å²) >= 11 is 0. The van der Waals surface area contributed by atoms with Crippen LogP contribution in [0, 0.1) is 0 Å². The van der Waals surface area contributed by atoms with Gasteiger partial charge in [-0.25, -0.2) is 13.1 Å². The lowest BCUT2D eigenvalue weighted by Gasteiger charge is -2.09. The standard InChI is InChI=1S/C20H15N3O4S/c24-19-10-9-17(13-21-19)28(26,27)22-20(25)15-5-7-16(8-6-15)23-12-11-14-3-1-2-4-18(14)23/h1-13H,(H,21,24)(H,22,25). The summed E-state index contributed by atoms with van der Waals surface area (Å²) in [5.41, 5.74) is 1.65. The Morgan fingerprint density at radius 2 is 1.68 bits per heavy atom. The Labute approximate surface area is 160 Å². The predicted molar refractivity (Wildman–Crippen MR) is 105 cm³/mol. The first-order chi connectivity index (χ1) is 13.4. The molecule has 2 heterocycles. The largest absolute Gasteiger partial charge is 0.328 e. The average molecular weight is 393 g/mol. The van der Waals surface area contributed by atoms with Crippen molar-refractivity contribution in [2.45, 2.75) is 4.90 Å². The third-order valence-electron chi connectivity index (χ3n) is 4.30. The number of nitrogens with zero attached hydrogens (tertiary/aromatic N) is 1. The highest BCUT2D eigenvalue weighted by molar-refractivity contribution is 7.90. The highest BCUT2D eigenvalue weighted by Crippen LogP contribution is 2.20. The van der Waals surface area contributed by atoms with Crippen LogP contribution in [-0.4, -0.2) is 23.9 Å². The van der Waals surface area contributed by atoms with Gasteiger partial charge in [-0.3, -0.25) is 9.59 Å². The molecule has 0 saturated heterocycles. The second kappa shape index (κ2) is 6.82. The fourth-order valence-corrected chi connectivity index (χ4v) is 3.83. The molecule has 4 rings (SSSR count). The smallest absolute Gasteiger partial charge is 0.265 e. The van der Waals surface area contributed by atoms with Gasteiger partial charge in [0.2, 0.25) is 5.56 Å². The Balaban J connectivity index is 1.57. The molecule has 0 saturated carbocycles. The van der Waals surface area contributed by atoms with Gasteiger partial charge in [0.25, 0.3) is 15.9 Å². The first-order valence-corrected chi connectivity index (χ1v) is 9.85. The van der Waals surface area contributed by atoms with Crippen molar-refractivity contribution in [3.05, 3.63) is 95.0 Å². The number of para-hydroxylation sites is 1. The lowest BCUT2D eigenvalue weighted by molar-refractivity contribution is 0.0981. The number of hydrogen-bond donors (Lipinski definition) is 2. The maximum absolute atomic E-state index is 12.3. The highest BCUT2D eigenvalue weighted by atomic mass is 32.2. The number of amides is 1. The molecule has 2 N–H and O–H groups in total. The maximum Gasteiger partial charge on any atom is 0.265 e. The van der Waals surface area contributed by atoms with Gasteiger partial charge in [-0.05, 0) is 47.9 Å². The summed E-state index contributed by atoms with van der Waals surface area (Å²) in [7, 11) is -4.08. The summed E-state index contributed by atoms with van der Waals surface area (Å²) in [6.07, 6.45) is 2.97. The summed E-state index contributed by atoms with van der Waals surface area (Å²) in [4.78, 5) is 25.5. The topological polar surface area (TPSA) is 101 Å². The first kappa shape index (κ1) is 17.7. The van der Waals surface area contributed by atoms with Crippen LogP contribution in [-0.2, 0) is 10.0 Å². The van der Waals surface area contributed by atoms with Crippen LogP contribution in [0.15, 0.2) is 88.8 Å². The molecule has 0 radical (unpaired) electrons. The van der Waals surface area contributed by atoms with Crippen LogP contribution in [0.5, 0.6) is 0 Å². The maximum atomic E-state index is 12.3. The van der Waals surface area contributed by atoms with Gasteiger partial charge in [-0.2, -0.15) is 0 Å². The van der Waals surface area contributed by atoms with E-state index in [1.807, 2.05) is 45.8 Å². The van der Waals surface area contributed by atoms with E-state index in [-0.39, 0.29) is 10.5 Å². The number of pyridine rings is 1. The minimum absolute atomic E-state index is 0.198. The number of nitrogens with one attached hydrogen (secondary N) is 2. The molecular weight excluding hydrogens is 378 g/mol. The van der Waals surface area contributed by atoms with Gasteiger partial charge < -0.3 is 9.55 Å². The summed E-state index contributed by atoms with van der Waals surface area (Å²) < 4.78 is 28.5. The van der Waals surface area contributed by atoms with Gasteiger partial charge in [-0.1, -0.05) is 18.2 Å². The molecule has 0 aliphatic rings. The van der Waals surface area contributed by atoms with E-state index in [2.05, 4.69) is 4.98 Å². The van der Waals surface area contributed by atoms with Gasteiger partial charge >= 0.3 is 0 Å². The lowest BCUT2D eigenvalue weighted by atomic mass is 10.2. The van der Waals surface area contributed by atoms with E-state index < -0.39 is 21.5 Å². The molecule has 4 aromatic rings. The van der Waals surface area contributed by atoms with E-state index in [1.165, 1.54) is 0 Å². The van der Waals surface area contributed by atoms with Crippen LogP contribution in [0.2, 0.25) is 0 Å². The van der Waals surface area contributed by atoms with Crippen molar-refractivity contribution >= 4 is 26.8 Å². The van der Waals surface area contributed by atoms with Gasteiger partial charge in [0.1, 0.15) is 4.90 Å². The first-order valence-electron chi connectivity index (χ1n) is 8.36. The van der Waals surface area contributed by atoms with E-state index in [1.54, 1.807) is 24.3 Å². The summed E-state index contributed by atoms with van der Waals surface area (Å²) in [6.45, 7) is 0. The number of fused-ring (bicyclic) bond motifs is 1. The molecular formula is C20H15N3O4S. The van der Waals surface area contributed by atoms with Crippen molar-refractivity contribution < 1.29 is 13.2 Å². The van der Waals surface area contributed by atoms with Crippen LogP contribution in [0.4, 0.5) is 0 Å². The average Bonchev–Trinajstić information content (AvgIpc) is 3.12. The van der Waals surface area contributed by atoms with Crippen molar-refractivity contribution in [3.8, 4) is 5.69 Å². The Morgan fingerprint density at radius 3 is 2.39 bits per heavy atom. The van der Waals surface area contributed by atoms with Crippen molar-refractivity contribution in [2.75, 3.05) is 0 Å². The van der Waals surface area contributed by atoms with Crippen molar-refractivity contribution in [2.24, 2.45) is 0 Å². The zero-order valence-electron chi connectivity index (χ0n) is 14.5. The Hall–Kier alpha value is -3.65. The van der Waals surface area contributed by atoms with E-state index in [0.29, 0.717) is 0 Å². The minimum atomic E-state index is -4.08. The molecule has 0 fully saturated rings. The third-order valence-corrected chi connectivity index (χ3v) is 5.63. The number of carbonyl (C=O) groups excluding carboxylic acids is 1. The number of H-pyrrole nitrogens is 1. The fourth-order valence-electron chi connectivity index (χ4n) is 2.88. The number of carbonyl (C=O) groups is 1. The van der Waals surface area contributed by atoms with Gasteiger partial charge in [0.05, 0.1) is 5.52 Å². The Morgan fingerprint density at radius 1 is 0.929 bits per heavy atom. The molecule has 2 aromatic carbocycles. The Kier molecular flexibility index (Phi) is 4.32. The van der Waals surface area contributed by atoms with E-state index >= 15 is 0 Å². The molecule has 0 aliphatic heterocycles. The molecule has 0 atom stereocenters. The summed E-state index contributed by atoms with van der Waals surface area (Å²) in [6, 6.07) is 18.7. The number of benzene rings is 2. The molecule has 0 spiro atoms. The zero-order valence-corrected chi connectivity index (χ0v) is 15.3. The SMILES string of the molecule is O=C(NS(=O)(=O)c1ccc(=O)[nH]c1)c1ccc(-n2ccc3ccccc32)cc1. The number of aromatic amines is 1. The predicted octanol–water partition coefficient (Wildman–Crippen LogP) is 2.44. The summed E-state index contributed by atoms with van der Waals surface area (Å²) in [5.74, 6) is -0.755. The normalized spacial score (nSPS) is 11.4. The molecule has 28 heavy (non-hydrogen) atoms. The van der Waals surface area contributed by atoms with Crippen molar-refractivity contribution in [3.63, 3.8) is 0 Å². The molecule has 0 bridgehead atoms. The second-order valence-electron chi connectivity index (χ2n) is 6.11. The molecule has 140 valence electrons.